The molecule has 0 aliphatic heterocycles. The molecule has 0 rings (SSSR count). The lowest BCUT2D eigenvalue weighted by Crippen LogP contribution is -2.40. The first kappa shape index (κ1) is 8.90. The van der Waals surface area contributed by atoms with Crippen molar-refractivity contribution >= 4 is 11.9 Å². The zero-order valence-corrected chi connectivity index (χ0v) is 5.76. The number of primary amides is 1. The van der Waals surface area contributed by atoms with Crippen molar-refractivity contribution in [3.8, 4) is 0 Å². The van der Waals surface area contributed by atoms with Crippen molar-refractivity contribution in [2.24, 2.45) is 17.4 Å². The van der Waals surface area contributed by atoms with Gasteiger partial charge in [-0.05, 0) is 0 Å². The van der Waals surface area contributed by atoms with E-state index in [4.69, 9.17) is 5.73 Å². The summed E-state index contributed by atoms with van der Waals surface area (Å²) in [5, 5.41) is 1.91. The molecular formula is C5H11N3O2. The summed E-state index contributed by atoms with van der Waals surface area (Å²) in [6.07, 6.45) is 0. The zero-order chi connectivity index (χ0) is 8.15. The molecule has 0 saturated heterocycles. The standard InChI is InChI=1S/C5H11N3O2/c1-3(2-6)4(9)8-5(7)10/h3H,2,6H2,1H3,(H3,7,8,9,10). The highest BCUT2D eigenvalue weighted by Gasteiger charge is 2.11. The van der Waals surface area contributed by atoms with Crippen molar-refractivity contribution in [3.63, 3.8) is 0 Å². The first-order valence-corrected chi connectivity index (χ1v) is 2.88. The largest absolute Gasteiger partial charge is 0.351 e. The minimum atomic E-state index is -0.842. The molecule has 0 aliphatic rings. The lowest BCUT2D eigenvalue weighted by atomic mass is 10.2. The van der Waals surface area contributed by atoms with E-state index in [1.54, 1.807) is 6.92 Å². The number of carbonyl (C=O) groups is 2. The van der Waals surface area contributed by atoms with Crippen LogP contribution in [0.15, 0.2) is 0 Å². The van der Waals surface area contributed by atoms with Crippen LogP contribution in [0.5, 0.6) is 0 Å². The normalized spacial score (nSPS) is 12.2. The molecule has 5 nitrogen and oxygen atoms in total. The molecule has 5 heteroatoms. The molecule has 0 radical (unpaired) electrons. The summed E-state index contributed by atoms with van der Waals surface area (Å²) >= 11 is 0. The van der Waals surface area contributed by atoms with Crippen molar-refractivity contribution in [2.75, 3.05) is 6.54 Å². The predicted molar refractivity (Wildman–Crippen MR) is 35.9 cm³/mol. The van der Waals surface area contributed by atoms with Gasteiger partial charge in [-0.1, -0.05) is 6.92 Å². The minimum Gasteiger partial charge on any atom is -0.351 e. The first-order valence-electron chi connectivity index (χ1n) is 2.88. The number of rotatable bonds is 2. The van der Waals surface area contributed by atoms with Gasteiger partial charge in [-0.15, -0.1) is 0 Å². The first-order chi connectivity index (χ1) is 4.57. The maximum absolute atomic E-state index is 10.7. The average molecular weight is 145 g/mol. The highest BCUT2D eigenvalue weighted by atomic mass is 16.2. The third-order valence-electron chi connectivity index (χ3n) is 1.05. The molecule has 0 spiro atoms. The van der Waals surface area contributed by atoms with Gasteiger partial charge in [0.1, 0.15) is 0 Å². The Morgan fingerprint density at radius 1 is 1.60 bits per heavy atom. The van der Waals surface area contributed by atoms with E-state index < -0.39 is 11.9 Å². The van der Waals surface area contributed by atoms with Crippen molar-refractivity contribution in [2.45, 2.75) is 6.92 Å². The minimum absolute atomic E-state index is 0.207. The van der Waals surface area contributed by atoms with Gasteiger partial charge in [-0.3, -0.25) is 10.1 Å². The van der Waals surface area contributed by atoms with Gasteiger partial charge in [0, 0.05) is 12.5 Å². The fourth-order valence-electron chi connectivity index (χ4n) is 0.352. The van der Waals surface area contributed by atoms with Gasteiger partial charge < -0.3 is 11.5 Å². The van der Waals surface area contributed by atoms with Gasteiger partial charge in [0.2, 0.25) is 5.91 Å². The van der Waals surface area contributed by atoms with Crippen LogP contribution < -0.4 is 16.8 Å². The second-order valence-electron chi connectivity index (χ2n) is 1.99. The van der Waals surface area contributed by atoms with Crippen LogP contribution >= 0.6 is 0 Å². The van der Waals surface area contributed by atoms with Gasteiger partial charge in [0.25, 0.3) is 0 Å². The SMILES string of the molecule is CC(CN)C(=O)NC(N)=O. The Hall–Kier alpha value is -1.10. The van der Waals surface area contributed by atoms with Crippen LogP contribution in [0.4, 0.5) is 4.79 Å². The number of hydrogen-bond donors (Lipinski definition) is 3. The summed E-state index contributed by atoms with van der Waals surface area (Å²) in [6, 6.07) is -0.842. The summed E-state index contributed by atoms with van der Waals surface area (Å²) in [5.41, 5.74) is 9.81. The number of nitrogens with two attached hydrogens (primary N) is 2. The number of urea groups is 1. The summed E-state index contributed by atoms with van der Waals surface area (Å²) < 4.78 is 0. The zero-order valence-electron chi connectivity index (χ0n) is 5.76. The van der Waals surface area contributed by atoms with Crippen LogP contribution in [-0.4, -0.2) is 18.5 Å². The van der Waals surface area contributed by atoms with E-state index in [1.165, 1.54) is 0 Å². The van der Waals surface area contributed by atoms with Crippen LogP contribution in [0.2, 0.25) is 0 Å². The maximum atomic E-state index is 10.7. The maximum Gasteiger partial charge on any atom is 0.318 e. The molecule has 0 aromatic carbocycles. The highest BCUT2D eigenvalue weighted by molar-refractivity contribution is 5.94. The van der Waals surface area contributed by atoms with E-state index in [0.717, 1.165) is 0 Å². The molecule has 58 valence electrons. The van der Waals surface area contributed by atoms with E-state index in [2.05, 4.69) is 5.73 Å². The number of nitrogens with one attached hydrogen (secondary N) is 1. The molecule has 0 aromatic heterocycles. The Balaban J connectivity index is 3.73. The molecular weight excluding hydrogens is 134 g/mol. The van der Waals surface area contributed by atoms with Gasteiger partial charge in [0.15, 0.2) is 0 Å². The highest BCUT2D eigenvalue weighted by Crippen LogP contribution is 1.88. The molecule has 1 atom stereocenters. The fourth-order valence-corrected chi connectivity index (χ4v) is 0.352. The van der Waals surface area contributed by atoms with Crippen LogP contribution in [0, 0.1) is 5.92 Å². The predicted octanol–water partition coefficient (Wildman–Crippen LogP) is -1.22. The Bertz CT molecular complexity index is 146. The van der Waals surface area contributed by atoms with E-state index in [-0.39, 0.29) is 12.5 Å². The van der Waals surface area contributed by atoms with Crippen molar-refractivity contribution in [1.82, 2.24) is 5.32 Å². The Morgan fingerprint density at radius 2 is 2.10 bits per heavy atom. The summed E-state index contributed by atoms with van der Waals surface area (Å²) in [7, 11) is 0. The topological polar surface area (TPSA) is 98.2 Å². The molecule has 0 saturated carbocycles. The lowest BCUT2D eigenvalue weighted by molar-refractivity contribution is -0.123. The molecule has 3 amide bonds. The lowest BCUT2D eigenvalue weighted by Gasteiger charge is -2.05. The number of imide groups is 1. The smallest absolute Gasteiger partial charge is 0.318 e. The van der Waals surface area contributed by atoms with Crippen molar-refractivity contribution in [1.29, 1.82) is 0 Å². The van der Waals surface area contributed by atoms with Gasteiger partial charge in [-0.2, -0.15) is 0 Å². The average Bonchev–Trinajstić information content (AvgIpc) is 1.85. The van der Waals surface area contributed by atoms with Gasteiger partial charge >= 0.3 is 6.03 Å². The third-order valence-corrected chi connectivity index (χ3v) is 1.05. The van der Waals surface area contributed by atoms with Crippen LogP contribution in [0.1, 0.15) is 6.92 Å². The quantitative estimate of drug-likeness (QED) is 0.454. The fraction of sp³-hybridized carbons (Fsp3) is 0.600. The van der Waals surface area contributed by atoms with Crippen molar-refractivity contribution in [3.05, 3.63) is 0 Å². The molecule has 0 bridgehead atoms. The van der Waals surface area contributed by atoms with E-state index >= 15 is 0 Å². The molecule has 1 unspecified atom stereocenters. The van der Waals surface area contributed by atoms with Crippen molar-refractivity contribution < 1.29 is 9.59 Å². The molecule has 0 fully saturated rings. The van der Waals surface area contributed by atoms with Crippen LogP contribution in [-0.2, 0) is 4.79 Å². The summed E-state index contributed by atoms with van der Waals surface area (Å²) in [5.74, 6) is -0.803. The number of hydrogen-bond acceptors (Lipinski definition) is 3. The summed E-state index contributed by atoms with van der Waals surface area (Å²) in [6.45, 7) is 1.82. The second-order valence-corrected chi connectivity index (χ2v) is 1.99. The molecule has 5 N–H and O–H groups in total. The Labute approximate surface area is 58.8 Å². The summed E-state index contributed by atoms with van der Waals surface area (Å²) in [4.78, 5) is 20.8. The number of amides is 3. The number of carbonyl (C=O) groups excluding carboxylic acids is 2. The Kier molecular flexibility index (Phi) is 3.42. The third kappa shape index (κ3) is 3.03. The van der Waals surface area contributed by atoms with E-state index in [9.17, 15) is 9.59 Å². The monoisotopic (exact) mass is 145 g/mol. The molecule has 0 heterocycles. The molecule has 0 aromatic rings. The van der Waals surface area contributed by atoms with Crippen LogP contribution in [0.3, 0.4) is 0 Å². The van der Waals surface area contributed by atoms with Gasteiger partial charge in [0.05, 0.1) is 0 Å². The van der Waals surface area contributed by atoms with Gasteiger partial charge in [-0.25, -0.2) is 4.79 Å². The Morgan fingerprint density at radius 3 is 2.40 bits per heavy atom. The molecule has 0 aliphatic carbocycles. The van der Waals surface area contributed by atoms with E-state index in [1.807, 2.05) is 5.32 Å². The molecule has 10 heavy (non-hydrogen) atoms. The van der Waals surface area contributed by atoms with Crippen LogP contribution in [0.25, 0.3) is 0 Å². The van der Waals surface area contributed by atoms with E-state index in [0.29, 0.717) is 0 Å². The second kappa shape index (κ2) is 3.84.